The van der Waals surface area contributed by atoms with Gasteiger partial charge in [0, 0.05) is 18.8 Å². The molecular formula is C14H21NS2. The van der Waals surface area contributed by atoms with Gasteiger partial charge in [0.15, 0.2) is 0 Å². The largest absolute Gasteiger partial charge is 0.358 e. The molecule has 0 saturated heterocycles. The molecule has 0 bridgehead atoms. The number of rotatable bonds is 6. The molecule has 0 spiro atoms. The summed E-state index contributed by atoms with van der Waals surface area (Å²) in [5.74, 6) is 0.976. The lowest BCUT2D eigenvalue weighted by Crippen LogP contribution is -2.29. The molecule has 0 heterocycles. The van der Waals surface area contributed by atoms with Gasteiger partial charge in [0.2, 0.25) is 0 Å². The molecule has 0 radical (unpaired) electrons. The Kier molecular flexibility index (Phi) is 7.29. The molecule has 0 unspecified atom stereocenters. The number of hydrogen-bond donors (Lipinski definition) is 0. The minimum atomic E-state index is 0.976. The van der Waals surface area contributed by atoms with E-state index in [1.165, 1.54) is 5.56 Å². The molecule has 0 fully saturated rings. The Hall–Kier alpha value is -0.540. The van der Waals surface area contributed by atoms with Gasteiger partial charge in [-0.2, -0.15) is 0 Å². The van der Waals surface area contributed by atoms with Crippen LogP contribution in [0.1, 0.15) is 32.3 Å². The highest BCUT2D eigenvalue weighted by Gasteiger charge is 2.08. The number of thiocarbonyl (C=S) groups is 1. The molecule has 0 aliphatic rings. The molecule has 0 saturated carbocycles. The third kappa shape index (κ3) is 5.55. The number of hydrogen-bond acceptors (Lipinski definition) is 2. The zero-order chi connectivity index (χ0) is 12.5. The first-order valence-corrected chi connectivity index (χ1v) is 7.63. The first kappa shape index (κ1) is 14.5. The second-order valence-electron chi connectivity index (χ2n) is 4.03. The van der Waals surface area contributed by atoms with Gasteiger partial charge in [0.25, 0.3) is 0 Å². The quantitative estimate of drug-likeness (QED) is 0.706. The topological polar surface area (TPSA) is 3.24 Å². The van der Waals surface area contributed by atoms with Crippen molar-refractivity contribution in [3.8, 4) is 0 Å². The van der Waals surface area contributed by atoms with Crippen LogP contribution in [-0.4, -0.2) is 22.3 Å². The predicted molar refractivity (Wildman–Crippen MR) is 82.5 cm³/mol. The lowest BCUT2D eigenvalue weighted by Gasteiger charge is -2.23. The van der Waals surface area contributed by atoms with E-state index in [0.717, 1.165) is 36.0 Å². The number of benzene rings is 1. The van der Waals surface area contributed by atoms with E-state index in [1.54, 1.807) is 11.8 Å². The molecule has 0 amide bonds. The fraction of sp³-hybridized carbons (Fsp3) is 0.500. The van der Waals surface area contributed by atoms with Crippen molar-refractivity contribution in [3.05, 3.63) is 35.9 Å². The van der Waals surface area contributed by atoms with E-state index in [9.17, 15) is 0 Å². The molecule has 94 valence electrons. The molecule has 0 aromatic heterocycles. The van der Waals surface area contributed by atoms with Crippen LogP contribution in [0.4, 0.5) is 0 Å². The minimum Gasteiger partial charge on any atom is -0.358 e. The van der Waals surface area contributed by atoms with Crippen LogP contribution in [-0.2, 0) is 5.75 Å². The van der Waals surface area contributed by atoms with Crippen molar-refractivity contribution in [2.24, 2.45) is 0 Å². The van der Waals surface area contributed by atoms with E-state index >= 15 is 0 Å². The van der Waals surface area contributed by atoms with Gasteiger partial charge in [-0.05, 0) is 18.4 Å². The van der Waals surface area contributed by atoms with E-state index in [-0.39, 0.29) is 0 Å². The van der Waals surface area contributed by atoms with Gasteiger partial charge in [-0.25, -0.2) is 0 Å². The van der Waals surface area contributed by atoms with E-state index in [1.807, 2.05) is 6.07 Å². The van der Waals surface area contributed by atoms with Gasteiger partial charge in [-0.3, -0.25) is 0 Å². The maximum atomic E-state index is 5.49. The van der Waals surface area contributed by atoms with Gasteiger partial charge < -0.3 is 4.90 Å². The smallest absolute Gasteiger partial charge is 0.136 e. The molecule has 0 N–H and O–H groups in total. The van der Waals surface area contributed by atoms with Crippen molar-refractivity contribution < 1.29 is 0 Å². The van der Waals surface area contributed by atoms with Crippen LogP contribution in [0.15, 0.2) is 30.3 Å². The Bertz CT molecular complexity index is 318. The summed E-state index contributed by atoms with van der Waals surface area (Å²) >= 11 is 7.27. The maximum Gasteiger partial charge on any atom is 0.136 e. The summed E-state index contributed by atoms with van der Waals surface area (Å²) in [5.41, 5.74) is 1.34. The van der Waals surface area contributed by atoms with Crippen molar-refractivity contribution >= 4 is 28.3 Å². The molecule has 0 aliphatic carbocycles. The molecular weight excluding hydrogens is 246 g/mol. The Balaban J connectivity index is 2.41. The summed E-state index contributed by atoms with van der Waals surface area (Å²) in [6.45, 7) is 6.56. The molecule has 3 heteroatoms. The predicted octanol–water partition coefficient (Wildman–Crippen LogP) is 4.33. The Morgan fingerprint density at radius 2 is 1.71 bits per heavy atom. The lowest BCUT2D eigenvalue weighted by molar-refractivity contribution is 0.430. The third-order valence-corrected chi connectivity index (χ3v) is 4.04. The minimum absolute atomic E-state index is 0.976. The van der Waals surface area contributed by atoms with Crippen molar-refractivity contribution in [2.45, 2.75) is 32.4 Å². The average Bonchev–Trinajstić information content (AvgIpc) is 2.37. The number of thioether (sulfide) groups is 1. The van der Waals surface area contributed by atoms with Crippen LogP contribution in [0.2, 0.25) is 0 Å². The fourth-order valence-corrected chi connectivity index (χ4v) is 2.85. The van der Waals surface area contributed by atoms with E-state index in [2.05, 4.69) is 43.0 Å². The highest BCUT2D eigenvalue weighted by Crippen LogP contribution is 2.17. The van der Waals surface area contributed by atoms with Crippen LogP contribution >= 0.6 is 24.0 Å². The van der Waals surface area contributed by atoms with Gasteiger partial charge in [0.05, 0.1) is 0 Å². The highest BCUT2D eigenvalue weighted by atomic mass is 32.2. The van der Waals surface area contributed by atoms with Crippen molar-refractivity contribution in [1.82, 2.24) is 4.90 Å². The summed E-state index contributed by atoms with van der Waals surface area (Å²) in [7, 11) is 0. The Morgan fingerprint density at radius 3 is 2.24 bits per heavy atom. The normalized spacial score (nSPS) is 10.2. The third-order valence-electron chi connectivity index (χ3n) is 2.45. The SMILES string of the molecule is CCCN(CCC)C(=S)SCc1ccccc1. The molecule has 0 atom stereocenters. The zero-order valence-electron chi connectivity index (χ0n) is 10.7. The van der Waals surface area contributed by atoms with Crippen LogP contribution in [0.25, 0.3) is 0 Å². The van der Waals surface area contributed by atoms with E-state index in [0.29, 0.717) is 0 Å². The summed E-state index contributed by atoms with van der Waals surface area (Å²) < 4.78 is 1.04. The standard InChI is InChI=1S/C14H21NS2/c1-3-10-15(11-4-2)14(16)17-12-13-8-6-5-7-9-13/h5-9H,3-4,10-12H2,1-2H3. The second-order valence-corrected chi connectivity index (χ2v) is 5.64. The van der Waals surface area contributed by atoms with Crippen LogP contribution in [0.5, 0.6) is 0 Å². The van der Waals surface area contributed by atoms with Crippen LogP contribution in [0.3, 0.4) is 0 Å². The average molecular weight is 267 g/mol. The summed E-state index contributed by atoms with van der Waals surface area (Å²) in [6.07, 6.45) is 2.32. The molecule has 0 aliphatic heterocycles. The maximum absolute atomic E-state index is 5.49. The highest BCUT2D eigenvalue weighted by molar-refractivity contribution is 8.22. The molecule has 1 aromatic carbocycles. The molecule has 1 nitrogen and oxygen atoms in total. The van der Waals surface area contributed by atoms with Gasteiger partial charge in [-0.1, -0.05) is 68.2 Å². The molecule has 1 rings (SSSR count). The van der Waals surface area contributed by atoms with E-state index in [4.69, 9.17) is 12.2 Å². The molecule has 17 heavy (non-hydrogen) atoms. The van der Waals surface area contributed by atoms with Gasteiger partial charge in [-0.15, -0.1) is 0 Å². The zero-order valence-corrected chi connectivity index (χ0v) is 12.3. The van der Waals surface area contributed by atoms with Crippen molar-refractivity contribution in [1.29, 1.82) is 0 Å². The van der Waals surface area contributed by atoms with Crippen molar-refractivity contribution in [3.63, 3.8) is 0 Å². The van der Waals surface area contributed by atoms with Crippen molar-refractivity contribution in [2.75, 3.05) is 13.1 Å². The van der Waals surface area contributed by atoms with Crippen LogP contribution < -0.4 is 0 Å². The first-order valence-electron chi connectivity index (χ1n) is 6.23. The summed E-state index contributed by atoms with van der Waals surface area (Å²) in [4.78, 5) is 2.32. The number of nitrogens with zero attached hydrogens (tertiary/aromatic N) is 1. The lowest BCUT2D eigenvalue weighted by atomic mass is 10.2. The Labute approximate surface area is 115 Å². The monoisotopic (exact) mass is 267 g/mol. The molecule has 1 aromatic rings. The second kappa shape index (κ2) is 8.54. The van der Waals surface area contributed by atoms with Gasteiger partial charge >= 0.3 is 0 Å². The first-order chi connectivity index (χ1) is 8.27. The fourth-order valence-electron chi connectivity index (χ4n) is 1.64. The van der Waals surface area contributed by atoms with Gasteiger partial charge in [0.1, 0.15) is 4.32 Å². The summed E-state index contributed by atoms with van der Waals surface area (Å²) in [5, 5.41) is 0. The summed E-state index contributed by atoms with van der Waals surface area (Å²) in [6, 6.07) is 10.5. The van der Waals surface area contributed by atoms with Crippen LogP contribution in [0, 0.1) is 0 Å². The van der Waals surface area contributed by atoms with E-state index < -0.39 is 0 Å². The Morgan fingerprint density at radius 1 is 1.12 bits per heavy atom.